The standard InChI is InChI=1S/C10H20N2O3S2/c1-3-9(10(11)16)17(13,14)12-8-4-5-15-7(2)6-8/h7-9,12H,3-6H2,1-2H3,(H2,11,16). The Morgan fingerprint density at radius 3 is 2.76 bits per heavy atom. The van der Waals surface area contributed by atoms with Gasteiger partial charge in [0, 0.05) is 12.6 Å². The van der Waals surface area contributed by atoms with Gasteiger partial charge in [-0.25, -0.2) is 13.1 Å². The van der Waals surface area contributed by atoms with Gasteiger partial charge in [-0.1, -0.05) is 19.1 Å². The van der Waals surface area contributed by atoms with Crippen molar-refractivity contribution in [2.24, 2.45) is 5.73 Å². The van der Waals surface area contributed by atoms with Gasteiger partial charge in [-0.05, 0) is 26.2 Å². The fourth-order valence-corrected chi connectivity index (χ4v) is 4.13. The van der Waals surface area contributed by atoms with Crippen LogP contribution in [0.1, 0.15) is 33.1 Å². The first-order valence-electron chi connectivity index (χ1n) is 5.79. The zero-order valence-electron chi connectivity index (χ0n) is 10.2. The molecule has 1 saturated heterocycles. The lowest BCUT2D eigenvalue weighted by atomic mass is 10.1. The lowest BCUT2D eigenvalue weighted by molar-refractivity contribution is 0.0173. The molecule has 1 fully saturated rings. The SMILES string of the molecule is CCC(C(N)=S)S(=O)(=O)NC1CCOC(C)C1. The Morgan fingerprint density at radius 2 is 2.29 bits per heavy atom. The highest BCUT2D eigenvalue weighted by atomic mass is 32.2. The normalized spacial score (nSPS) is 27.6. The van der Waals surface area contributed by atoms with E-state index in [0.29, 0.717) is 25.9 Å². The second-order valence-corrected chi connectivity index (χ2v) is 6.73. The topological polar surface area (TPSA) is 81.4 Å². The molecule has 0 radical (unpaired) electrons. The summed E-state index contributed by atoms with van der Waals surface area (Å²) in [7, 11) is -3.47. The lowest BCUT2D eigenvalue weighted by Gasteiger charge is -2.29. The van der Waals surface area contributed by atoms with Crippen molar-refractivity contribution >= 4 is 27.2 Å². The highest BCUT2D eigenvalue weighted by Crippen LogP contribution is 2.16. The van der Waals surface area contributed by atoms with Crippen molar-refractivity contribution in [3.8, 4) is 0 Å². The minimum atomic E-state index is -3.47. The highest BCUT2D eigenvalue weighted by Gasteiger charge is 2.30. The Kier molecular flexibility index (Phi) is 5.30. The Labute approximate surface area is 108 Å². The number of hydrogen-bond donors (Lipinski definition) is 2. The van der Waals surface area contributed by atoms with Crippen LogP contribution in [0.5, 0.6) is 0 Å². The minimum absolute atomic E-state index is 0.0279. The third-order valence-corrected chi connectivity index (χ3v) is 5.31. The third kappa shape index (κ3) is 4.17. The number of hydrogen-bond acceptors (Lipinski definition) is 4. The number of ether oxygens (including phenoxy) is 1. The van der Waals surface area contributed by atoms with Crippen molar-refractivity contribution in [2.45, 2.75) is 50.5 Å². The van der Waals surface area contributed by atoms with Crippen LogP contribution in [-0.4, -0.2) is 37.4 Å². The van der Waals surface area contributed by atoms with Crippen LogP contribution < -0.4 is 10.5 Å². The summed E-state index contributed by atoms with van der Waals surface area (Å²) in [6.45, 7) is 4.28. The molecule has 17 heavy (non-hydrogen) atoms. The first-order chi connectivity index (χ1) is 7.86. The minimum Gasteiger partial charge on any atom is -0.392 e. The quantitative estimate of drug-likeness (QED) is 0.718. The molecule has 1 heterocycles. The zero-order chi connectivity index (χ0) is 13.1. The van der Waals surface area contributed by atoms with E-state index in [4.69, 9.17) is 22.7 Å². The molecule has 0 aromatic carbocycles. The van der Waals surface area contributed by atoms with Crippen LogP contribution in [-0.2, 0) is 14.8 Å². The monoisotopic (exact) mass is 280 g/mol. The maximum atomic E-state index is 12.1. The van der Waals surface area contributed by atoms with E-state index >= 15 is 0 Å². The van der Waals surface area contributed by atoms with E-state index in [0.717, 1.165) is 0 Å². The average Bonchev–Trinajstić information content (AvgIpc) is 2.16. The molecule has 1 aliphatic rings. The molecule has 0 amide bonds. The van der Waals surface area contributed by atoms with E-state index < -0.39 is 15.3 Å². The molecule has 3 unspecified atom stereocenters. The molecule has 100 valence electrons. The fourth-order valence-electron chi connectivity index (χ4n) is 1.99. The lowest BCUT2D eigenvalue weighted by Crippen LogP contribution is -2.48. The predicted octanol–water partition coefficient (Wildman–Crippen LogP) is 0.538. The molecule has 3 atom stereocenters. The van der Waals surface area contributed by atoms with Crippen molar-refractivity contribution in [2.75, 3.05) is 6.61 Å². The van der Waals surface area contributed by atoms with Gasteiger partial charge >= 0.3 is 0 Å². The Morgan fingerprint density at radius 1 is 1.65 bits per heavy atom. The predicted molar refractivity (Wildman–Crippen MR) is 71.4 cm³/mol. The summed E-state index contributed by atoms with van der Waals surface area (Å²) in [6.07, 6.45) is 1.86. The van der Waals surface area contributed by atoms with Gasteiger partial charge in [-0.15, -0.1) is 0 Å². The summed E-state index contributed by atoms with van der Waals surface area (Å²) in [6, 6.07) is -0.0767. The number of sulfonamides is 1. The first kappa shape index (κ1) is 14.8. The van der Waals surface area contributed by atoms with Crippen molar-refractivity contribution < 1.29 is 13.2 Å². The molecule has 0 saturated carbocycles. The molecule has 5 nitrogen and oxygen atoms in total. The van der Waals surface area contributed by atoms with Gasteiger partial charge in [0.15, 0.2) is 0 Å². The number of nitrogens with two attached hydrogens (primary N) is 1. The first-order valence-corrected chi connectivity index (χ1v) is 7.74. The van der Waals surface area contributed by atoms with E-state index in [1.54, 1.807) is 6.92 Å². The van der Waals surface area contributed by atoms with Gasteiger partial charge in [0.2, 0.25) is 10.0 Å². The van der Waals surface area contributed by atoms with Crippen LogP contribution in [0.15, 0.2) is 0 Å². The zero-order valence-corrected chi connectivity index (χ0v) is 11.8. The Bertz CT molecular complexity index is 370. The second-order valence-electron chi connectivity index (χ2n) is 4.36. The van der Waals surface area contributed by atoms with Crippen molar-refractivity contribution in [1.29, 1.82) is 0 Å². The maximum absolute atomic E-state index is 12.1. The average molecular weight is 280 g/mol. The van der Waals surface area contributed by atoms with Gasteiger partial charge < -0.3 is 10.5 Å². The van der Waals surface area contributed by atoms with Gasteiger partial charge in [0.05, 0.1) is 11.1 Å². The van der Waals surface area contributed by atoms with Gasteiger partial charge in [0.25, 0.3) is 0 Å². The third-order valence-electron chi connectivity index (χ3n) is 2.88. The molecule has 1 rings (SSSR count). The molecule has 0 aromatic heterocycles. The summed E-state index contributed by atoms with van der Waals surface area (Å²) in [5.41, 5.74) is 5.45. The summed E-state index contributed by atoms with van der Waals surface area (Å²) >= 11 is 4.79. The summed E-state index contributed by atoms with van der Waals surface area (Å²) < 4.78 is 32.2. The second kappa shape index (κ2) is 6.08. The van der Waals surface area contributed by atoms with Crippen LogP contribution in [0.2, 0.25) is 0 Å². The summed E-state index contributed by atoms with van der Waals surface area (Å²) in [4.78, 5) is 0.0279. The molecule has 0 aliphatic carbocycles. The highest BCUT2D eigenvalue weighted by molar-refractivity contribution is 7.93. The van der Waals surface area contributed by atoms with Gasteiger partial charge in [-0.3, -0.25) is 0 Å². The van der Waals surface area contributed by atoms with Crippen LogP contribution in [0.25, 0.3) is 0 Å². The summed E-state index contributed by atoms with van der Waals surface area (Å²) in [5.74, 6) is 0. The molecule has 3 N–H and O–H groups in total. The van der Waals surface area contributed by atoms with Crippen LogP contribution in [0, 0.1) is 0 Å². The van der Waals surface area contributed by atoms with Gasteiger partial charge in [0.1, 0.15) is 5.25 Å². The van der Waals surface area contributed by atoms with Gasteiger partial charge in [-0.2, -0.15) is 0 Å². The molecule has 0 aromatic rings. The van der Waals surface area contributed by atoms with Crippen molar-refractivity contribution in [1.82, 2.24) is 4.72 Å². The van der Waals surface area contributed by atoms with Crippen LogP contribution >= 0.6 is 12.2 Å². The number of thiocarbonyl (C=S) groups is 1. The van der Waals surface area contributed by atoms with Crippen molar-refractivity contribution in [3.05, 3.63) is 0 Å². The molecular formula is C10H20N2O3S2. The molecule has 0 bridgehead atoms. The maximum Gasteiger partial charge on any atom is 0.221 e. The van der Waals surface area contributed by atoms with Crippen LogP contribution in [0.4, 0.5) is 0 Å². The van der Waals surface area contributed by atoms with E-state index in [1.807, 2.05) is 6.92 Å². The van der Waals surface area contributed by atoms with Crippen molar-refractivity contribution in [3.63, 3.8) is 0 Å². The smallest absolute Gasteiger partial charge is 0.221 e. The Balaban J connectivity index is 2.68. The van der Waals surface area contributed by atoms with E-state index in [9.17, 15) is 8.42 Å². The fraction of sp³-hybridized carbons (Fsp3) is 0.900. The molecule has 7 heteroatoms. The summed E-state index contributed by atoms with van der Waals surface area (Å²) in [5, 5.41) is -0.782. The van der Waals surface area contributed by atoms with E-state index in [1.165, 1.54) is 0 Å². The molecule has 0 spiro atoms. The molecule has 1 aliphatic heterocycles. The largest absolute Gasteiger partial charge is 0.392 e. The van der Waals surface area contributed by atoms with Crippen LogP contribution in [0.3, 0.4) is 0 Å². The molecular weight excluding hydrogens is 260 g/mol. The van der Waals surface area contributed by atoms with E-state index in [-0.39, 0.29) is 17.1 Å². The van der Waals surface area contributed by atoms with E-state index in [2.05, 4.69) is 4.72 Å². The number of rotatable bonds is 5. The number of nitrogens with one attached hydrogen (secondary N) is 1. The Hall–Kier alpha value is -0.240.